The third-order valence-electron chi connectivity index (χ3n) is 5.04. The van der Waals surface area contributed by atoms with E-state index in [1.54, 1.807) is 18.3 Å². The predicted molar refractivity (Wildman–Crippen MR) is 98.2 cm³/mol. The molecular formula is C20H29N3O3+2. The molecule has 0 bridgehead atoms. The summed E-state index contributed by atoms with van der Waals surface area (Å²) in [7, 11) is 1.69. The number of quaternary nitrogens is 2. The third-order valence-corrected chi connectivity index (χ3v) is 5.04. The number of rotatable bonds is 7. The molecule has 0 radical (unpaired) electrons. The molecule has 26 heavy (non-hydrogen) atoms. The molecule has 2 aromatic rings. The lowest BCUT2D eigenvalue weighted by atomic mass is 10.2. The largest absolute Gasteiger partial charge is 0.497 e. The van der Waals surface area contributed by atoms with Crippen LogP contribution in [0.2, 0.25) is 0 Å². The van der Waals surface area contributed by atoms with E-state index >= 15 is 0 Å². The Morgan fingerprint density at radius 1 is 1.15 bits per heavy atom. The van der Waals surface area contributed by atoms with Gasteiger partial charge in [-0.25, -0.2) is 0 Å². The number of furan rings is 1. The Bertz CT molecular complexity index is 677. The number of hydrogen-bond donors (Lipinski definition) is 3. The molecule has 2 heterocycles. The normalized spacial score (nSPS) is 21.2. The second-order valence-corrected chi connectivity index (χ2v) is 7.01. The third kappa shape index (κ3) is 5.09. The van der Waals surface area contributed by atoms with E-state index in [1.165, 1.54) is 10.5 Å². The maximum Gasteiger partial charge on any atom is 0.275 e. The smallest absolute Gasteiger partial charge is 0.275 e. The van der Waals surface area contributed by atoms with Gasteiger partial charge in [-0.15, -0.1) is 0 Å². The number of hydrogen-bond acceptors (Lipinski definition) is 3. The van der Waals surface area contributed by atoms with Crippen molar-refractivity contribution in [2.24, 2.45) is 0 Å². The highest BCUT2D eigenvalue weighted by Gasteiger charge is 2.25. The molecule has 0 saturated carbocycles. The Morgan fingerprint density at radius 2 is 1.85 bits per heavy atom. The molecule has 140 valence electrons. The number of ether oxygens (including phenoxy) is 1. The SMILES string of the molecule is COc1ccc(C[NH+]2CC[NH+](CC(=O)N[C@@H](C)c3ccco3)CC2)cc1. The molecule has 1 atom stereocenters. The molecule has 3 N–H and O–H groups in total. The zero-order valence-electron chi connectivity index (χ0n) is 15.6. The minimum atomic E-state index is -0.0844. The van der Waals surface area contributed by atoms with Crippen molar-refractivity contribution < 1.29 is 23.7 Å². The van der Waals surface area contributed by atoms with Gasteiger partial charge in [0, 0.05) is 5.56 Å². The summed E-state index contributed by atoms with van der Waals surface area (Å²) in [6.07, 6.45) is 1.63. The van der Waals surface area contributed by atoms with Gasteiger partial charge in [0.1, 0.15) is 44.2 Å². The van der Waals surface area contributed by atoms with Crippen molar-refractivity contribution in [3.63, 3.8) is 0 Å². The molecule has 6 nitrogen and oxygen atoms in total. The van der Waals surface area contributed by atoms with E-state index in [1.807, 2.05) is 31.2 Å². The summed E-state index contributed by atoms with van der Waals surface area (Å²) >= 11 is 0. The Kier molecular flexibility index (Phi) is 6.30. The number of carbonyl (C=O) groups excluding carboxylic acids is 1. The lowest BCUT2D eigenvalue weighted by Crippen LogP contribution is -3.28. The van der Waals surface area contributed by atoms with Crippen LogP contribution in [0.5, 0.6) is 5.75 Å². The Balaban J connectivity index is 1.39. The average molecular weight is 359 g/mol. The molecule has 0 spiro atoms. The first-order valence-electron chi connectivity index (χ1n) is 9.27. The second-order valence-electron chi connectivity index (χ2n) is 7.01. The van der Waals surface area contributed by atoms with Crippen LogP contribution in [0.1, 0.15) is 24.3 Å². The zero-order chi connectivity index (χ0) is 18.4. The van der Waals surface area contributed by atoms with Crippen LogP contribution in [0.25, 0.3) is 0 Å². The van der Waals surface area contributed by atoms with Gasteiger partial charge < -0.3 is 24.3 Å². The van der Waals surface area contributed by atoms with E-state index in [0.29, 0.717) is 6.54 Å². The first kappa shape index (κ1) is 18.5. The molecule has 1 fully saturated rings. The molecule has 3 rings (SSSR count). The number of carbonyl (C=O) groups is 1. The first-order valence-corrected chi connectivity index (χ1v) is 9.27. The second kappa shape index (κ2) is 8.87. The van der Waals surface area contributed by atoms with E-state index in [9.17, 15) is 4.79 Å². The van der Waals surface area contributed by atoms with Gasteiger partial charge in [-0.1, -0.05) is 0 Å². The Hall–Kier alpha value is -2.31. The van der Waals surface area contributed by atoms with Gasteiger partial charge in [0.25, 0.3) is 5.91 Å². The van der Waals surface area contributed by atoms with Crippen LogP contribution in [-0.2, 0) is 11.3 Å². The zero-order valence-corrected chi connectivity index (χ0v) is 15.6. The Morgan fingerprint density at radius 3 is 2.46 bits per heavy atom. The van der Waals surface area contributed by atoms with Crippen molar-refractivity contribution in [3.8, 4) is 5.75 Å². The fourth-order valence-corrected chi connectivity index (χ4v) is 3.47. The van der Waals surface area contributed by atoms with Gasteiger partial charge >= 0.3 is 0 Å². The summed E-state index contributed by atoms with van der Waals surface area (Å²) in [6, 6.07) is 11.9. The lowest BCUT2D eigenvalue weighted by Gasteiger charge is -2.29. The summed E-state index contributed by atoms with van der Waals surface area (Å²) < 4.78 is 10.5. The molecule has 6 heteroatoms. The summed E-state index contributed by atoms with van der Waals surface area (Å²) in [5.41, 5.74) is 1.33. The van der Waals surface area contributed by atoms with Crippen molar-refractivity contribution in [2.75, 3.05) is 39.8 Å². The molecule has 1 aliphatic heterocycles. The van der Waals surface area contributed by atoms with Crippen LogP contribution in [0, 0.1) is 0 Å². The number of benzene rings is 1. The quantitative estimate of drug-likeness (QED) is 0.622. The van der Waals surface area contributed by atoms with Crippen LogP contribution in [0.3, 0.4) is 0 Å². The molecular weight excluding hydrogens is 330 g/mol. The van der Waals surface area contributed by atoms with E-state index in [-0.39, 0.29) is 11.9 Å². The van der Waals surface area contributed by atoms with Crippen LogP contribution in [0.4, 0.5) is 0 Å². The average Bonchev–Trinajstić information content (AvgIpc) is 3.19. The van der Waals surface area contributed by atoms with Crippen molar-refractivity contribution in [2.45, 2.75) is 19.5 Å². The van der Waals surface area contributed by atoms with Crippen LogP contribution in [0.15, 0.2) is 47.1 Å². The fourth-order valence-electron chi connectivity index (χ4n) is 3.47. The highest BCUT2D eigenvalue weighted by Crippen LogP contribution is 2.11. The highest BCUT2D eigenvalue weighted by atomic mass is 16.5. The number of piperazine rings is 1. The molecule has 1 aromatic heterocycles. The van der Waals surface area contributed by atoms with E-state index in [2.05, 4.69) is 17.4 Å². The first-order chi connectivity index (χ1) is 12.6. The summed E-state index contributed by atoms with van der Waals surface area (Å²) in [5, 5.41) is 3.02. The molecule has 1 amide bonds. The van der Waals surface area contributed by atoms with Crippen LogP contribution >= 0.6 is 0 Å². The van der Waals surface area contributed by atoms with Gasteiger partial charge in [0.15, 0.2) is 6.54 Å². The molecule has 0 aliphatic carbocycles. The van der Waals surface area contributed by atoms with Crippen LogP contribution in [-0.4, -0.2) is 45.7 Å². The standard InChI is InChI=1S/C20H27N3O3/c1-16(19-4-3-13-26-19)21-20(24)15-23-11-9-22(10-12-23)14-17-5-7-18(25-2)8-6-17/h3-8,13,16H,9-12,14-15H2,1-2H3,(H,21,24)/p+2/t16-/m0/s1. The molecule has 0 unspecified atom stereocenters. The maximum absolute atomic E-state index is 12.3. The molecule has 1 aliphatic rings. The highest BCUT2D eigenvalue weighted by molar-refractivity contribution is 5.77. The summed E-state index contributed by atoms with van der Waals surface area (Å²) in [4.78, 5) is 15.2. The van der Waals surface area contributed by atoms with E-state index < -0.39 is 0 Å². The van der Waals surface area contributed by atoms with Gasteiger partial charge in [0.05, 0.1) is 19.4 Å². The number of nitrogens with one attached hydrogen (secondary N) is 3. The predicted octanol–water partition coefficient (Wildman–Crippen LogP) is -0.551. The Labute approximate surface area is 154 Å². The minimum Gasteiger partial charge on any atom is -0.497 e. The van der Waals surface area contributed by atoms with Crippen molar-refractivity contribution in [1.29, 1.82) is 0 Å². The molecule has 1 saturated heterocycles. The summed E-state index contributed by atoms with van der Waals surface area (Å²) in [6.45, 7) is 7.72. The van der Waals surface area contributed by atoms with Crippen molar-refractivity contribution >= 4 is 5.91 Å². The molecule has 1 aromatic carbocycles. The number of methoxy groups -OCH3 is 1. The monoisotopic (exact) mass is 359 g/mol. The van der Waals surface area contributed by atoms with Gasteiger partial charge in [-0.2, -0.15) is 0 Å². The van der Waals surface area contributed by atoms with Gasteiger partial charge in [0.2, 0.25) is 0 Å². The minimum absolute atomic E-state index is 0.0844. The maximum atomic E-state index is 12.3. The topological polar surface area (TPSA) is 60.4 Å². The van der Waals surface area contributed by atoms with Crippen molar-refractivity contribution in [1.82, 2.24) is 5.32 Å². The van der Waals surface area contributed by atoms with E-state index in [4.69, 9.17) is 9.15 Å². The van der Waals surface area contributed by atoms with Crippen LogP contribution < -0.4 is 19.9 Å². The van der Waals surface area contributed by atoms with Crippen molar-refractivity contribution in [3.05, 3.63) is 54.0 Å². The van der Waals surface area contributed by atoms with E-state index in [0.717, 1.165) is 44.2 Å². The fraction of sp³-hybridized carbons (Fsp3) is 0.450. The number of amides is 1. The van der Waals surface area contributed by atoms with Gasteiger partial charge in [-0.05, 0) is 43.3 Å². The summed E-state index contributed by atoms with van der Waals surface area (Å²) in [5.74, 6) is 1.78. The van der Waals surface area contributed by atoms with Gasteiger partial charge in [-0.3, -0.25) is 4.79 Å². The lowest BCUT2D eigenvalue weighted by molar-refractivity contribution is -1.02.